The number of carbonyl (C=O) groups excluding carboxylic acids is 2. The van der Waals surface area contributed by atoms with E-state index in [4.69, 9.17) is 16.3 Å². The predicted octanol–water partition coefficient (Wildman–Crippen LogP) is 3.05. The molecule has 1 aromatic carbocycles. The third-order valence-electron chi connectivity index (χ3n) is 5.75. The molecule has 1 atom stereocenters. The molecule has 3 rings (SSSR count). The molecule has 0 spiro atoms. The minimum atomic E-state index is -0.673. The quantitative estimate of drug-likeness (QED) is 0.491. The van der Waals surface area contributed by atoms with E-state index in [0.29, 0.717) is 34.9 Å². The number of urea groups is 1. The third kappa shape index (κ3) is 5.29. The maximum absolute atomic E-state index is 13.1. The fourth-order valence-corrected chi connectivity index (χ4v) is 4.31. The molecule has 0 aliphatic carbocycles. The molecule has 1 fully saturated rings. The molecule has 1 aromatic rings. The minimum absolute atomic E-state index is 0.245. The van der Waals surface area contributed by atoms with E-state index in [0.717, 1.165) is 32.7 Å². The van der Waals surface area contributed by atoms with Gasteiger partial charge in [-0.1, -0.05) is 42.8 Å². The largest absolute Gasteiger partial charge is 0.463 e. The van der Waals surface area contributed by atoms with Gasteiger partial charge < -0.3 is 15.0 Å². The zero-order valence-electron chi connectivity index (χ0n) is 18.3. The lowest BCUT2D eigenvalue weighted by Gasteiger charge is -2.40. The van der Waals surface area contributed by atoms with Gasteiger partial charge in [0, 0.05) is 50.0 Å². The van der Waals surface area contributed by atoms with Crippen LogP contribution in [0.3, 0.4) is 0 Å². The van der Waals surface area contributed by atoms with Crippen LogP contribution in [0.1, 0.15) is 25.5 Å². The van der Waals surface area contributed by atoms with Crippen LogP contribution in [0.25, 0.3) is 0 Å². The number of hydrogen-bond donors (Lipinski definition) is 1. The van der Waals surface area contributed by atoms with Gasteiger partial charge in [0.15, 0.2) is 0 Å². The highest BCUT2D eigenvalue weighted by Crippen LogP contribution is 2.35. The van der Waals surface area contributed by atoms with E-state index >= 15 is 0 Å². The summed E-state index contributed by atoms with van der Waals surface area (Å²) in [4.78, 5) is 32.5. The summed E-state index contributed by atoms with van der Waals surface area (Å²) >= 11 is 6.45. The van der Waals surface area contributed by atoms with Crippen LogP contribution in [0.15, 0.2) is 48.2 Å². The number of amides is 2. The molecule has 1 N–H and O–H groups in total. The fraction of sp³-hybridized carbons (Fsp3) is 0.478. The Morgan fingerprint density at radius 2 is 1.90 bits per heavy atom. The van der Waals surface area contributed by atoms with E-state index in [1.165, 1.54) is 0 Å². The normalized spacial score (nSPS) is 20.5. The van der Waals surface area contributed by atoms with Crippen molar-refractivity contribution in [2.75, 3.05) is 52.4 Å². The van der Waals surface area contributed by atoms with Gasteiger partial charge in [-0.3, -0.25) is 9.80 Å². The Morgan fingerprint density at radius 1 is 1.23 bits per heavy atom. The molecule has 0 aromatic heterocycles. The Kier molecular flexibility index (Phi) is 8.12. The first kappa shape index (κ1) is 23.3. The molecule has 2 aliphatic heterocycles. The van der Waals surface area contributed by atoms with Crippen LogP contribution in [0.4, 0.5) is 4.79 Å². The van der Waals surface area contributed by atoms with E-state index in [1.54, 1.807) is 24.0 Å². The second-order valence-corrected chi connectivity index (χ2v) is 8.00. The molecule has 1 saturated heterocycles. The number of ether oxygens (including phenoxy) is 1. The fourth-order valence-electron chi connectivity index (χ4n) is 4.06. The average Bonchev–Trinajstić information content (AvgIpc) is 2.77. The van der Waals surface area contributed by atoms with Gasteiger partial charge >= 0.3 is 12.0 Å². The lowest BCUT2D eigenvalue weighted by Crippen LogP contribution is -2.53. The maximum Gasteiger partial charge on any atom is 0.338 e. The van der Waals surface area contributed by atoms with E-state index in [2.05, 4.69) is 28.6 Å². The van der Waals surface area contributed by atoms with Crippen LogP contribution in [-0.4, -0.2) is 79.1 Å². The van der Waals surface area contributed by atoms with Crippen molar-refractivity contribution < 1.29 is 14.3 Å². The van der Waals surface area contributed by atoms with E-state index < -0.39 is 12.0 Å². The molecule has 2 amide bonds. The Balaban J connectivity index is 2.06. The molecule has 0 radical (unpaired) electrons. The number of halogens is 1. The van der Waals surface area contributed by atoms with Crippen LogP contribution >= 0.6 is 11.6 Å². The third-order valence-corrected chi connectivity index (χ3v) is 6.09. The van der Waals surface area contributed by atoms with Crippen molar-refractivity contribution in [2.24, 2.45) is 0 Å². The van der Waals surface area contributed by atoms with Crippen molar-refractivity contribution in [3.63, 3.8) is 0 Å². The molecule has 0 saturated carbocycles. The monoisotopic (exact) mass is 446 g/mol. The number of benzene rings is 1. The summed E-state index contributed by atoms with van der Waals surface area (Å²) in [6, 6.07) is 6.30. The summed E-state index contributed by atoms with van der Waals surface area (Å²) in [5, 5.41) is 3.44. The second kappa shape index (κ2) is 10.8. The van der Waals surface area contributed by atoms with Crippen molar-refractivity contribution in [3.05, 3.63) is 58.8 Å². The van der Waals surface area contributed by atoms with Crippen LogP contribution in [-0.2, 0) is 9.53 Å². The van der Waals surface area contributed by atoms with Crippen molar-refractivity contribution in [2.45, 2.75) is 19.9 Å². The molecule has 7 nitrogen and oxygen atoms in total. The smallest absolute Gasteiger partial charge is 0.338 e. The molecule has 8 heteroatoms. The van der Waals surface area contributed by atoms with Gasteiger partial charge in [-0.05, 0) is 25.1 Å². The van der Waals surface area contributed by atoms with E-state index in [1.807, 2.05) is 18.2 Å². The Hall–Kier alpha value is -2.35. The van der Waals surface area contributed by atoms with Crippen LogP contribution in [0.2, 0.25) is 5.02 Å². The molecule has 31 heavy (non-hydrogen) atoms. The van der Waals surface area contributed by atoms with Gasteiger partial charge in [0.05, 0.1) is 18.2 Å². The van der Waals surface area contributed by atoms with Gasteiger partial charge in [-0.25, -0.2) is 9.59 Å². The first-order valence-corrected chi connectivity index (χ1v) is 11.2. The molecule has 2 aliphatic rings. The van der Waals surface area contributed by atoms with Crippen LogP contribution < -0.4 is 5.32 Å². The molecule has 2 heterocycles. The Morgan fingerprint density at radius 3 is 2.52 bits per heavy atom. The zero-order valence-corrected chi connectivity index (χ0v) is 19.0. The highest BCUT2D eigenvalue weighted by atomic mass is 35.5. The molecular weight excluding hydrogens is 416 g/mol. The zero-order chi connectivity index (χ0) is 22.4. The van der Waals surface area contributed by atoms with Crippen molar-refractivity contribution in [1.29, 1.82) is 0 Å². The van der Waals surface area contributed by atoms with Gasteiger partial charge in [-0.2, -0.15) is 0 Å². The van der Waals surface area contributed by atoms with Crippen molar-refractivity contribution in [3.8, 4) is 0 Å². The number of carbonyl (C=O) groups is 2. The number of rotatable bonds is 8. The second-order valence-electron chi connectivity index (χ2n) is 7.59. The average molecular weight is 447 g/mol. The Labute approximate surface area is 189 Å². The number of esters is 1. The molecule has 0 bridgehead atoms. The SMILES string of the molecule is C=CCN1C(=O)NC(c2ccccc2Cl)C(C(=O)OCC)=C1CN1CCN(CC)CC1. The maximum atomic E-state index is 13.1. The number of nitrogens with zero attached hydrogens (tertiary/aromatic N) is 3. The lowest BCUT2D eigenvalue weighted by molar-refractivity contribution is -0.139. The predicted molar refractivity (Wildman–Crippen MR) is 122 cm³/mol. The summed E-state index contributed by atoms with van der Waals surface area (Å²) < 4.78 is 5.42. The minimum Gasteiger partial charge on any atom is -0.463 e. The summed E-state index contributed by atoms with van der Waals surface area (Å²) in [5.41, 5.74) is 1.75. The van der Waals surface area contributed by atoms with Crippen LogP contribution in [0.5, 0.6) is 0 Å². The summed E-state index contributed by atoms with van der Waals surface area (Å²) in [6.45, 7) is 13.4. The number of nitrogens with one attached hydrogen (secondary N) is 1. The highest BCUT2D eigenvalue weighted by Gasteiger charge is 2.39. The molecular formula is C23H31ClN4O3. The van der Waals surface area contributed by atoms with Crippen molar-refractivity contribution >= 4 is 23.6 Å². The first-order chi connectivity index (χ1) is 15.0. The molecule has 168 valence electrons. The topological polar surface area (TPSA) is 65.1 Å². The summed E-state index contributed by atoms with van der Waals surface area (Å²) in [5.74, 6) is -0.441. The van der Waals surface area contributed by atoms with E-state index in [-0.39, 0.29) is 12.6 Å². The molecule has 1 unspecified atom stereocenters. The van der Waals surface area contributed by atoms with E-state index in [9.17, 15) is 9.59 Å². The number of likely N-dealkylation sites (N-methyl/N-ethyl adjacent to an activating group) is 1. The van der Waals surface area contributed by atoms with Crippen molar-refractivity contribution in [1.82, 2.24) is 20.0 Å². The van der Waals surface area contributed by atoms with Crippen LogP contribution in [0, 0.1) is 0 Å². The number of hydrogen-bond acceptors (Lipinski definition) is 5. The standard InChI is InChI=1S/C23H31ClN4O3/c1-4-11-28-19(16-27-14-12-26(5-2)13-15-27)20(22(29)31-6-3)21(25-23(28)30)17-9-7-8-10-18(17)24/h4,7-10,21H,1,5-6,11-16H2,2-3H3,(H,25,30). The first-order valence-electron chi connectivity index (χ1n) is 10.8. The van der Waals surface area contributed by atoms with Gasteiger partial charge in [0.2, 0.25) is 0 Å². The van der Waals surface area contributed by atoms with Gasteiger partial charge in [0.25, 0.3) is 0 Å². The Bertz CT molecular complexity index is 849. The highest BCUT2D eigenvalue weighted by molar-refractivity contribution is 6.31. The number of piperazine rings is 1. The summed E-state index contributed by atoms with van der Waals surface area (Å²) in [6.07, 6.45) is 1.66. The van der Waals surface area contributed by atoms with Gasteiger partial charge in [-0.15, -0.1) is 6.58 Å². The lowest BCUT2D eigenvalue weighted by atomic mass is 9.94. The van der Waals surface area contributed by atoms with Gasteiger partial charge in [0.1, 0.15) is 0 Å². The summed E-state index contributed by atoms with van der Waals surface area (Å²) in [7, 11) is 0.